The SMILES string of the molecule is CC1(C)c2ccccc2-c2ccc(N(c3ccc(I)cc3)c3ccc4c5ccccc5c5ccccc5c4c3)cc21. The van der Waals surface area contributed by atoms with Gasteiger partial charge in [-0.25, -0.2) is 0 Å². The van der Waals surface area contributed by atoms with Gasteiger partial charge in [0.05, 0.1) is 0 Å². The van der Waals surface area contributed by atoms with Gasteiger partial charge in [0.15, 0.2) is 0 Å². The van der Waals surface area contributed by atoms with Gasteiger partial charge in [-0.1, -0.05) is 98.8 Å². The molecule has 196 valence electrons. The van der Waals surface area contributed by atoms with Gasteiger partial charge in [0.2, 0.25) is 0 Å². The molecule has 0 fully saturated rings. The molecule has 0 aromatic heterocycles. The normalized spacial score (nSPS) is 13.4. The van der Waals surface area contributed by atoms with Crippen molar-refractivity contribution in [3.05, 3.63) is 148 Å². The summed E-state index contributed by atoms with van der Waals surface area (Å²) in [5, 5.41) is 7.75. The average molecular weight is 638 g/mol. The first-order chi connectivity index (χ1) is 20.0. The van der Waals surface area contributed by atoms with E-state index in [4.69, 9.17) is 0 Å². The van der Waals surface area contributed by atoms with Crippen molar-refractivity contribution in [3.8, 4) is 11.1 Å². The van der Waals surface area contributed by atoms with Crippen LogP contribution in [0.1, 0.15) is 25.0 Å². The van der Waals surface area contributed by atoms with E-state index in [2.05, 4.69) is 175 Å². The minimum Gasteiger partial charge on any atom is -0.310 e. The number of fused-ring (bicyclic) bond motifs is 9. The van der Waals surface area contributed by atoms with Gasteiger partial charge in [-0.05, 0) is 126 Å². The third-order valence-corrected chi connectivity index (χ3v) is 9.62. The summed E-state index contributed by atoms with van der Waals surface area (Å²) in [7, 11) is 0. The van der Waals surface area contributed by atoms with Crippen LogP contribution in [0.2, 0.25) is 0 Å². The highest BCUT2D eigenvalue weighted by Gasteiger charge is 2.35. The van der Waals surface area contributed by atoms with Crippen molar-refractivity contribution in [1.82, 2.24) is 0 Å². The van der Waals surface area contributed by atoms with Crippen LogP contribution in [0.15, 0.2) is 133 Å². The summed E-state index contributed by atoms with van der Waals surface area (Å²) in [4.78, 5) is 2.42. The lowest BCUT2D eigenvalue weighted by Gasteiger charge is -2.28. The third kappa shape index (κ3) is 3.74. The summed E-state index contributed by atoms with van der Waals surface area (Å²) in [6.07, 6.45) is 0. The van der Waals surface area contributed by atoms with Crippen LogP contribution in [0.4, 0.5) is 17.1 Å². The standard InChI is InChI=1S/C39H28IN/c1-39(2)37-14-8-7-13-34(37)35-22-20-28(24-38(35)39)41(26-17-15-25(40)16-18-26)27-19-21-33-31-11-4-3-9-29(31)30-10-5-6-12-32(30)36(33)23-27/h3-24H,1-2H3. The maximum Gasteiger partial charge on any atom is 0.0468 e. The van der Waals surface area contributed by atoms with E-state index in [9.17, 15) is 0 Å². The summed E-state index contributed by atoms with van der Waals surface area (Å²) in [5.41, 5.74) is 8.90. The molecule has 8 rings (SSSR count). The lowest BCUT2D eigenvalue weighted by atomic mass is 9.82. The minimum absolute atomic E-state index is 0.0574. The van der Waals surface area contributed by atoms with E-state index < -0.39 is 0 Å². The Morgan fingerprint density at radius 1 is 0.439 bits per heavy atom. The van der Waals surface area contributed by atoms with Crippen LogP contribution in [0.5, 0.6) is 0 Å². The first-order valence-electron chi connectivity index (χ1n) is 14.1. The van der Waals surface area contributed by atoms with E-state index in [-0.39, 0.29) is 5.41 Å². The Labute approximate surface area is 254 Å². The quantitative estimate of drug-likeness (QED) is 0.138. The lowest BCUT2D eigenvalue weighted by molar-refractivity contribution is 0.660. The van der Waals surface area contributed by atoms with Crippen LogP contribution in [-0.4, -0.2) is 0 Å². The summed E-state index contributed by atoms with van der Waals surface area (Å²) < 4.78 is 1.23. The summed E-state index contributed by atoms with van der Waals surface area (Å²) in [6, 6.07) is 49.3. The molecule has 0 heterocycles. The molecule has 0 unspecified atom stereocenters. The molecule has 0 N–H and O–H groups in total. The van der Waals surface area contributed by atoms with Crippen molar-refractivity contribution in [2.75, 3.05) is 4.90 Å². The summed E-state index contributed by atoms with van der Waals surface area (Å²) in [6.45, 7) is 4.70. The molecular formula is C39H28IN. The van der Waals surface area contributed by atoms with Gasteiger partial charge in [-0.3, -0.25) is 0 Å². The number of rotatable bonds is 3. The first-order valence-corrected chi connectivity index (χ1v) is 15.2. The minimum atomic E-state index is -0.0574. The molecule has 0 radical (unpaired) electrons. The molecule has 0 bridgehead atoms. The molecule has 1 aliphatic carbocycles. The van der Waals surface area contributed by atoms with Gasteiger partial charge >= 0.3 is 0 Å². The summed E-state index contributed by atoms with van der Waals surface area (Å²) in [5.74, 6) is 0. The topological polar surface area (TPSA) is 3.24 Å². The largest absolute Gasteiger partial charge is 0.310 e. The van der Waals surface area contributed by atoms with Gasteiger partial charge in [-0.2, -0.15) is 0 Å². The summed E-state index contributed by atoms with van der Waals surface area (Å²) >= 11 is 2.39. The Balaban J connectivity index is 1.38. The van der Waals surface area contributed by atoms with E-state index in [0.717, 1.165) is 11.4 Å². The van der Waals surface area contributed by atoms with Crippen molar-refractivity contribution in [2.45, 2.75) is 19.3 Å². The second-order valence-corrected chi connectivity index (χ2v) is 12.8. The number of benzene rings is 7. The highest BCUT2D eigenvalue weighted by atomic mass is 127. The Bertz CT molecular complexity index is 2100. The average Bonchev–Trinajstić information content (AvgIpc) is 3.24. The van der Waals surface area contributed by atoms with Crippen LogP contribution in [0.25, 0.3) is 43.4 Å². The Morgan fingerprint density at radius 2 is 0.927 bits per heavy atom. The Hall–Kier alpha value is -4.15. The Kier molecular flexibility index (Phi) is 5.52. The predicted molar refractivity (Wildman–Crippen MR) is 184 cm³/mol. The van der Waals surface area contributed by atoms with Crippen LogP contribution < -0.4 is 4.90 Å². The number of hydrogen-bond acceptors (Lipinski definition) is 1. The van der Waals surface area contributed by atoms with E-state index >= 15 is 0 Å². The molecule has 0 saturated heterocycles. The molecule has 0 spiro atoms. The van der Waals surface area contributed by atoms with Crippen LogP contribution in [0, 0.1) is 3.57 Å². The molecule has 41 heavy (non-hydrogen) atoms. The van der Waals surface area contributed by atoms with Crippen LogP contribution in [0.3, 0.4) is 0 Å². The zero-order valence-electron chi connectivity index (χ0n) is 23.0. The molecule has 0 atom stereocenters. The second-order valence-electron chi connectivity index (χ2n) is 11.5. The number of hydrogen-bond donors (Lipinski definition) is 0. The third-order valence-electron chi connectivity index (χ3n) is 8.90. The van der Waals surface area contributed by atoms with E-state index in [1.54, 1.807) is 0 Å². The van der Waals surface area contributed by atoms with Crippen molar-refractivity contribution in [2.24, 2.45) is 0 Å². The van der Waals surface area contributed by atoms with Gasteiger partial charge in [0.1, 0.15) is 0 Å². The fourth-order valence-corrected chi connectivity index (χ4v) is 7.26. The smallest absolute Gasteiger partial charge is 0.0468 e. The fourth-order valence-electron chi connectivity index (χ4n) is 6.90. The zero-order chi connectivity index (χ0) is 27.7. The van der Waals surface area contributed by atoms with E-state index in [0.29, 0.717) is 0 Å². The maximum absolute atomic E-state index is 2.42. The van der Waals surface area contributed by atoms with Crippen molar-refractivity contribution < 1.29 is 0 Å². The molecule has 0 saturated carbocycles. The number of halogens is 1. The van der Waals surface area contributed by atoms with Gasteiger partial charge in [-0.15, -0.1) is 0 Å². The van der Waals surface area contributed by atoms with Gasteiger partial charge < -0.3 is 4.90 Å². The van der Waals surface area contributed by atoms with Crippen molar-refractivity contribution in [1.29, 1.82) is 0 Å². The number of anilines is 3. The monoisotopic (exact) mass is 637 g/mol. The predicted octanol–water partition coefficient (Wildman–Crippen LogP) is 11.5. The second kappa shape index (κ2) is 9.19. The van der Waals surface area contributed by atoms with Crippen molar-refractivity contribution >= 4 is 72.0 Å². The molecule has 0 amide bonds. The zero-order valence-corrected chi connectivity index (χ0v) is 25.2. The molecule has 2 heteroatoms. The van der Waals surface area contributed by atoms with Crippen LogP contribution >= 0.6 is 22.6 Å². The molecule has 1 nitrogen and oxygen atoms in total. The first kappa shape index (κ1) is 24.6. The molecular weight excluding hydrogens is 609 g/mol. The number of nitrogens with zero attached hydrogens (tertiary/aromatic N) is 1. The molecule has 7 aromatic carbocycles. The lowest BCUT2D eigenvalue weighted by Crippen LogP contribution is -2.16. The van der Waals surface area contributed by atoms with Gasteiger partial charge in [0.25, 0.3) is 0 Å². The molecule has 0 aliphatic heterocycles. The molecule has 1 aliphatic rings. The highest BCUT2D eigenvalue weighted by molar-refractivity contribution is 14.1. The highest BCUT2D eigenvalue weighted by Crippen LogP contribution is 2.51. The fraction of sp³-hybridized carbons (Fsp3) is 0.0769. The van der Waals surface area contributed by atoms with E-state index in [1.165, 1.54) is 63.8 Å². The van der Waals surface area contributed by atoms with Crippen molar-refractivity contribution in [3.63, 3.8) is 0 Å². The Morgan fingerprint density at radius 3 is 1.61 bits per heavy atom. The van der Waals surface area contributed by atoms with E-state index in [1.807, 2.05) is 0 Å². The maximum atomic E-state index is 2.42. The van der Waals surface area contributed by atoms with Crippen LogP contribution in [-0.2, 0) is 5.41 Å². The molecule has 7 aromatic rings. The van der Waals surface area contributed by atoms with Gasteiger partial charge in [0, 0.05) is 26.0 Å².